The number of morpholine rings is 1. The zero-order valence-corrected chi connectivity index (χ0v) is 11.9. The SMILES string of the molecule is COc1cccc(CCNC(=O)CC2COCCN2)c1. The van der Waals surface area contributed by atoms with Gasteiger partial charge in [0, 0.05) is 25.6 Å². The molecule has 20 heavy (non-hydrogen) atoms. The van der Waals surface area contributed by atoms with Gasteiger partial charge in [0.15, 0.2) is 0 Å². The maximum atomic E-state index is 11.8. The summed E-state index contributed by atoms with van der Waals surface area (Å²) < 4.78 is 10.5. The second kappa shape index (κ2) is 7.87. The number of carbonyl (C=O) groups is 1. The lowest BCUT2D eigenvalue weighted by Crippen LogP contribution is -2.44. The average molecular weight is 278 g/mol. The third-order valence-corrected chi connectivity index (χ3v) is 3.30. The molecule has 110 valence electrons. The molecule has 1 fully saturated rings. The van der Waals surface area contributed by atoms with Crippen LogP contribution in [0.3, 0.4) is 0 Å². The van der Waals surface area contributed by atoms with Crippen LogP contribution in [-0.4, -0.2) is 45.4 Å². The first kappa shape index (κ1) is 14.8. The maximum absolute atomic E-state index is 11.8. The molecule has 1 unspecified atom stereocenters. The van der Waals surface area contributed by atoms with Gasteiger partial charge >= 0.3 is 0 Å². The van der Waals surface area contributed by atoms with Crippen LogP contribution in [0.5, 0.6) is 5.75 Å². The topological polar surface area (TPSA) is 59.6 Å². The van der Waals surface area contributed by atoms with Crippen molar-refractivity contribution in [2.24, 2.45) is 0 Å². The highest BCUT2D eigenvalue weighted by Crippen LogP contribution is 2.12. The number of methoxy groups -OCH3 is 1. The number of nitrogens with one attached hydrogen (secondary N) is 2. The molecule has 0 spiro atoms. The molecule has 2 N–H and O–H groups in total. The lowest BCUT2D eigenvalue weighted by Gasteiger charge is -2.23. The van der Waals surface area contributed by atoms with Crippen LogP contribution >= 0.6 is 0 Å². The van der Waals surface area contributed by atoms with Crippen molar-refractivity contribution in [3.63, 3.8) is 0 Å². The normalized spacial score (nSPS) is 18.6. The van der Waals surface area contributed by atoms with Crippen LogP contribution in [0.25, 0.3) is 0 Å². The van der Waals surface area contributed by atoms with Gasteiger partial charge in [-0.05, 0) is 24.1 Å². The Kier molecular flexibility index (Phi) is 5.83. The van der Waals surface area contributed by atoms with Gasteiger partial charge in [0.05, 0.1) is 20.3 Å². The van der Waals surface area contributed by atoms with Gasteiger partial charge in [-0.3, -0.25) is 4.79 Å². The quantitative estimate of drug-likeness (QED) is 0.805. The van der Waals surface area contributed by atoms with Gasteiger partial charge in [-0.15, -0.1) is 0 Å². The minimum Gasteiger partial charge on any atom is -0.497 e. The first-order valence-corrected chi connectivity index (χ1v) is 6.98. The van der Waals surface area contributed by atoms with E-state index in [0.29, 0.717) is 19.6 Å². The number of rotatable bonds is 6. The van der Waals surface area contributed by atoms with E-state index in [1.807, 2.05) is 24.3 Å². The van der Waals surface area contributed by atoms with Crippen molar-refractivity contribution in [1.29, 1.82) is 0 Å². The Balaban J connectivity index is 1.67. The largest absolute Gasteiger partial charge is 0.497 e. The van der Waals surface area contributed by atoms with Gasteiger partial charge < -0.3 is 20.1 Å². The molecule has 1 aliphatic heterocycles. The summed E-state index contributed by atoms with van der Waals surface area (Å²) in [7, 11) is 1.65. The molecule has 1 aliphatic rings. The number of hydrogen-bond acceptors (Lipinski definition) is 4. The fourth-order valence-corrected chi connectivity index (χ4v) is 2.22. The predicted molar refractivity (Wildman–Crippen MR) is 76.9 cm³/mol. The van der Waals surface area contributed by atoms with Crippen molar-refractivity contribution in [3.8, 4) is 5.75 Å². The number of amides is 1. The van der Waals surface area contributed by atoms with Crippen LogP contribution < -0.4 is 15.4 Å². The smallest absolute Gasteiger partial charge is 0.221 e. The van der Waals surface area contributed by atoms with Crippen LogP contribution in [0.1, 0.15) is 12.0 Å². The van der Waals surface area contributed by atoms with Crippen molar-refractivity contribution in [2.75, 3.05) is 33.4 Å². The Hall–Kier alpha value is -1.59. The second-order valence-electron chi connectivity index (χ2n) is 4.88. The molecule has 5 heteroatoms. The average Bonchev–Trinajstić information content (AvgIpc) is 2.48. The van der Waals surface area contributed by atoms with Crippen LogP contribution in [-0.2, 0) is 16.0 Å². The van der Waals surface area contributed by atoms with E-state index in [0.717, 1.165) is 30.9 Å². The van der Waals surface area contributed by atoms with Gasteiger partial charge in [0.2, 0.25) is 5.91 Å². The van der Waals surface area contributed by atoms with Gasteiger partial charge in [0.25, 0.3) is 0 Å². The summed E-state index contributed by atoms with van der Waals surface area (Å²) in [5, 5.41) is 6.21. The monoisotopic (exact) mass is 278 g/mol. The summed E-state index contributed by atoms with van der Waals surface area (Å²) in [6.07, 6.45) is 1.27. The molecule has 1 heterocycles. The molecular formula is C15H22N2O3. The summed E-state index contributed by atoms with van der Waals surface area (Å²) in [6.45, 7) is 2.80. The number of benzene rings is 1. The highest BCUT2D eigenvalue weighted by atomic mass is 16.5. The van der Waals surface area contributed by atoms with Crippen LogP contribution in [0.2, 0.25) is 0 Å². The zero-order valence-electron chi connectivity index (χ0n) is 11.9. The highest BCUT2D eigenvalue weighted by Gasteiger charge is 2.16. The molecule has 0 bridgehead atoms. The molecule has 0 aromatic heterocycles. The lowest BCUT2D eigenvalue weighted by atomic mass is 10.1. The predicted octanol–water partition coefficient (Wildman–Crippen LogP) is 0.732. The van der Waals surface area contributed by atoms with Crippen molar-refractivity contribution >= 4 is 5.91 Å². The molecule has 0 aliphatic carbocycles. The third kappa shape index (κ3) is 4.83. The molecule has 2 rings (SSSR count). The molecule has 1 aromatic rings. The first-order valence-electron chi connectivity index (χ1n) is 6.98. The highest BCUT2D eigenvalue weighted by molar-refractivity contribution is 5.76. The number of carbonyl (C=O) groups excluding carboxylic acids is 1. The molecule has 1 aromatic carbocycles. The van der Waals surface area contributed by atoms with Crippen molar-refractivity contribution in [2.45, 2.75) is 18.9 Å². The third-order valence-electron chi connectivity index (χ3n) is 3.30. The van der Waals surface area contributed by atoms with E-state index in [-0.39, 0.29) is 11.9 Å². The Bertz CT molecular complexity index is 431. The fraction of sp³-hybridized carbons (Fsp3) is 0.533. The van der Waals surface area contributed by atoms with Gasteiger partial charge in [-0.1, -0.05) is 12.1 Å². The van der Waals surface area contributed by atoms with Crippen LogP contribution in [0, 0.1) is 0 Å². The first-order chi connectivity index (χ1) is 9.78. The molecule has 1 amide bonds. The van der Waals surface area contributed by atoms with Crippen molar-refractivity contribution < 1.29 is 14.3 Å². The lowest BCUT2D eigenvalue weighted by molar-refractivity contribution is -0.122. The van der Waals surface area contributed by atoms with Crippen LogP contribution in [0.15, 0.2) is 24.3 Å². The summed E-state index contributed by atoms with van der Waals surface area (Å²) in [6, 6.07) is 8.03. The van der Waals surface area contributed by atoms with E-state index in [9.17, 15) is 4.79 Å². The van der Waals surface area contributed by atoms with E-state index >= 15 is 0 Å². The molecule has 0 radical (unpaired) electrons. The van der Waals surface area contributed by atoms with Gasteiger partial charge in [-0.25, -0.2) is 0 Å². The Morgan fingerprint density at radius 3 is 3.20 bits per heavy atom. The molecule has 1 saturated heterocycles. The Morgan fingerprint density at radius 1 is 1.55 bits per heavy atom. The Labute approximate surface area is 119 Å². The van der Waals surface area contributed by atoms with E-state index < -0.39 is 0 Å². The zero-order chi connectivity index (χ0) is 14.2. The van der Waals surface area contributed by atoms with Crippen molar-refractivity contribution in [3.05, 3.63) is 29.8 Å². The van der Waals surface area contributed by atoms with E-state index in [1.54, 1.807) is 7.11 Å². The number of hydrogen-bond donors (Lipinski definition) is 2. The van der Waals surface area contributed by atoms with Gasteiger partial charge in [0.1, 0.15) is 5.75 Å². The van der Waals surface area contributed by atoms with E-state index in [2.05, 4.69) is 10.6 Å². The summed E-state index contributed by atoms with van der Waals surface area (Å²) >= 11 is 0. The van der Waals surface area contributed by atoms with Gasteiger partial charge in [-0.2, -0.15) is 0 Å². The molecular weight excluding hydrogens is 256 g/mol. The molecule has 5 nitrogen and oxygen atoms in total. The fourth-order valence-electron chi connectivity index (χ4n) is 2.22. The van der Waals surface area contributed by atoms with E-state index in [4.69, 9.17) is 9.47 Å². The number of ether oxygens (including phenoxy) is 2. The van der Waals surface area contributed by atoms with Crippen LogP contribution in [0.4, 0.5) is 0 Å². The molecule has 1 atom stereocenters. The second-order valence-corrected chi connectivity index (χ2v) is 4.88. The van der Waals surface area contributed by atoms with E-state index in [1.165, 1.54) is 0 Å². The summed E-state index contributed by atoms with van der Waals surface area (Å²) in [4.78, 5) is 11.8. The summed E-state index contributed by atoms with van der Waals surface area (Å²) in [5.74, 6) is 0.910. The standard InChI is InChI=1S/C15H22N2O3/c1-19-14-4-2-3-12(9-14)5-6-17-15(18)10-13-11-20-8-7-16-13/h2-4,9,13,16H,5-8,10-11H2,1H3,(H,17,18). The minimum atomic E-state index is 0.0656. The maximum Gasteiger partial charge on any atom is 0.221 e. The minimum absolute atomic E-state index is 0.0656. The molecule has 0 saturated carbocycles. The summed E-state index contributed by atoms with van der Waals surface area (Å²) in [5.41, 5.74) is 1.16. The Morgan fingerprint density at radius 2 is 2.45 bits per heavy atom. The van der Waals surface area contributed by atoms with Crippen molar-refractivity contribution in [1.82, 2.24) is 10.6 Å².